The van der Waals surface area contributed by atoms with Gasteiger partial charge in [0.25, 0.3) is 5.91 Å². The Morgan fingerprint density at radius 1 is 1.29 bits per heavy atom. The topological polar surface area (TPSA) is 55.6 Å². The molecule has 21 heavy (non-hydrogen) atoms. The second-order valence-electron chi connectivity index (χ2n) is 5.73. The van der Waals surface area contributed by atoms with Crippen LogP contribution in [0.1, 0.15) is 56.3 Å². The molecule has 1 rings (SSSR count). The van der Waals surface area contributed by atoms with Crippen LogP contribution in [-0.2, 0) is 0 Å². The first kappa shape index (κ1) is 17.3. The molecule has 0 saturated heterocycles. The zero-order valence-corrected chi connectivity index (χ0v) is 13.7. The fourth-order valence-corrected chi connectivity index (χ4v) is 2.19. The highest BCUT2D eigenvalue weighted by Gasteiger charge is 2.16. The van der Waals surface area contributed by atoms with Crippen molar-refractivity contribution >= 4 is 11.6 Å². The Morgan fingerprint density at radius 2 is 2.00 bits per heavy atom. The Morgan fingerprint density at radius 3 is 2.62 bits per heavy atom. The van der Waals surface area contributed by atoms with Crippen molar-refractivity contribution < 1.29 is 9.53 Å². The van der Waals surface area contributed by atoms with E-state index in [9.17, 15) is 4.79 Å². The zero-order valence-electron chi connectivity index (χ0n) is 13.7. The standard InChI is InChI=1S/C17H28N2O2/c1-5-6-7-8-9-13(2)21-16-12-14(18)10-11-15(16)17(20)19(3)4/h10-13H,5-9,18H2,1-4H3. The highest BCUT2D eigenvalue weighted by molar-refractivity contribution is 5.97. The van der Waals surface area contributed by atoms with Gasteiger partial charge in [-0.1, -0.05) is 26.2 Å². The van der Waals surface area contributed by atoms with Gasteiger partial charge in [0.2, 0.25) is 0 Å². The number of nitrogens with zero attached hydrogens (tertiary/aromatic N) is 1. The summed E-state index contributed by atoms with van der Waals surface area (Å²) in [6.07, 6.45) is 5.93. The maximum atomic E-state index is 12.2. The minimum absolute atomic E-state index is 0.0665. The van der Waals surface area contributed by atoms with Gasteiger partial charge in [0, 0.05) is 25.8 Å². The normalized spacial score (nSPS) is 12.0. The predicted molar refractivity (Wildman–Crippen MR) is 87.7 cm³/mol. The first-order valence-electron chi connectivity index (χ1n) is 7.73. The molecular weight excluding hydrogens is 264 g/mol. The van der Waals surface area contributed by atoms with E-state index in [1.54, 1.807) is 37.2 Å². The summed E-state index contributed by atoms with van der Waals surface area (Å²) in [4.78, 5) is 13.7. The van der Waals surface area contributed by atoms with Gasteiger partial charge in [-0.25, -0.2) is 0 Å². The average molecular weight is 292 g/mol. The van der Waals surface area contributed by atoms with Crippen molar-refractivity contribution in [3.05, 3.63) is 23.8 Å². The maximum absolute atomic E-state index is 12.2. The van der Waals surface area contributed by atoms with Crippen LogP contribution in [0.15, 0.2) is 18.2 Å². The van der Waals surface area contributed by atoms with Crippen LogP contribution in [0, 0.1) is 0 Å². The van der Waals surface area contributed by atoms with Crippen molar-refractivity contribution in [2.24, 2.45) is 0 Å². The summed E-state index contributed by atoms with van der Waals surface area (Å²) in [7, 11) is 3.47. The third-order valence-electron chi connectivity index (χ3n) is 3.43. The number of anilines is 1. The largest absolute Gasteiger partial charge is 0.490 e. The molecule has 0 saturated carbocycles. The monoisotopic (exact) mass is 292 g/mol. The van der Waals surface area contributed by atoms with Gasteiger partial charge in [0.05, 0.1) is 11.7 Å². The Kier molecular flexibility index (Phi) is 7.06. The molecule has 1 amide bonds. The van der Waals surface area contributed by atoms with Crippen molar-refractivity contribution in [3.8, 4) is 5.75 Å². The molecule has 0 bridgehead atoms. The number of hydrogen-bond acceptors (Lipinski definition) is 3. The molecule has 1 unspecified atom stereocenters. The van der Waals surface area contributed by atoms with Crippen molar-refractivity contribution in [2.75, 3.05) is 19.8 Å². The van der Waals surface area contributed by atoms with Crippen molar-refractivity contribution in [3.63, 3.8) is 0 Å². The van der Waals surface area contributed by atoms with Gasteiger partial charge in [0.15, 0.2) is 0 Å². The smallest absolute Gasteiger partial charge is 0.257 e. The highest BCUT2D eigenvalue weighted by atomic mass is 16.5. The SMILES string of the molecule is CCCCCCC(C)Oc1cc(N)ccc1C(=O)N(C)C. The summed E-state index contributed by atoms with van der Waals surface area (Å²) in [6.45, 7) is 4.24. The molecule has 4 heteroatoms. The van der Waals surface area contributed by atoms with E-state index in [4.69, 9.17) is 10.5 Å². The number of rotatable bonds is 8. The van der Waals surface area contributed by atoms with E-state index in [0.717, 1.165) is 12.8 Å². The first-order valence-corrected chi connectivity index (χ1v) is 7.73. The number of carbonyl (C=O) groups excluding carboxylic acids is 1. The summed E-state index contributed by atoms with van der Waals surface area (Å²) in [5, 5.41) is 0. The van der Waals surface area contributed by atoms with Gasteiger partial charge < -0.3 is 15.4 Å². The molecule has 0 radical (unpaired) electrons. The number of nitrogens with two attached hydrogens (primary N) is 1. The van der Waals surface area contributed by atoms with E-state index in [2.05, 4.69) is 6.92 Å². The van der Waals surface area contributed by atoms with Gasteiger partial charge in [-0.05, 0) is 31.9 Å². The van der Waals surface area contributed by atoms with Crippen LogP contribution in [0.4, 0.5) is 5.69 Å². The number of ether oxygens (including phenoxy) is 1. The predicted octanol–water partition coefficient (Wildman–Crippen LogP) is 3.71. The molecule has 118 valence electrons. The molecule has 0 aromatic heterocycles. The van der Waals surface area contributed by atoms with Crippen LogP contribution >= 0.6 is 0 Å². The quantitative estimate of drug-likeness (QED) is 0.587. The van der Waals surface area contributed by atoms with Crippen LogP contribution in [0.25, 0.3) is 0 Å². The third kappa shape index (κ3) is 5.66. The third-order valence-corrected chi connectivity index (χ3v) is 3.43. The van der Waals surface area contributed by atoms with E-state index in [1.165, 1.54) is 19.3 Å². The molecule has 1 aromatic carbocycles. The Bertz CT molecular complexity index is 458. The molecule has 4 nitrogen and oxygen atoms in total. The summed E-state index contributed by atoms with van der Waals surface area (Å²) in [5.41, 5.74) is 6.99. The molecular formula is C17H28N2O2. The lowest BCUT2D eigenvalue weighted by atomic mass is 10.1. The van der Waals surface area contributed by atoms with Gasteiger partial charge in [-0.15, -0.1) is 0 Å². The second kappa shape index (κ2) is 8.55. The van der Waals surface area contributed by atoms with Crippen LogP contribution in [0.3, 0.4) is 0 Å². The Labute approximate surface area is 128 Å². The van der Waals surface area contributed by atoms with Gasteiger partial charge >= 0.3 is 0 Å². The molecule has 0 fully saturated rings. The number of benzene rings is 1. The van der Waals surface area contributed by atoms with Gasteiger partial charge in [0.1, 0.15) is 5.75 Å². The average Bonchev–Trinajstić information content (AvgIpc) is 2.43. The minimum Gasteiger partial charge on any atom is -0.490 e. The lowest BCUT2D eigenvalue weighted by molar-refractivity contribution is 0.0820. The Balaban J connectivity index is 2.72. The van der Waals surface area contributed by atoms with Crippen molar-refractivity contribution in [1.29, 1.82) is 0 Å². The van der Waals surface area contributed by atoms with Crippen LogP contribution < -0.4 is 10.5 Å². The summed E-state index contributed by atoms with van der Waals surface area (Å²) < 4.78 is 5.95. The summed E-state index contributed by atoms with van der Waals surface area (Å²) in [6, 6.07) is 5.20. The van der Waals surface area contributed by atoms with Crippen molar-refractivity contribution in [2.45, 2.75) is 52.1 Å². The lowest BCUT2D eigenvalue weighted by Gasteiger charge is -2.19. The van der Waals surface area contributed by atoms with Crippen molar-refractivity contribution in [1.82, 2.24) is 4.90 Å². The second-order valence-corrected chi connectivity index (χ2v) is 5.73. The van der Waals surface area contributed by atoms with E-state index in [0.29, 0.717) is 17.0 Å². The summed E-state index contributed by atoms with van der Waals surface area (Å²) in [5.74, 6) is 0.514. The van der Waals surface area contributed by atoms with Crippen LogP contribution in [0.5, 0.6) is 5.75 Å². The maximum Gasteiger partial charge on any atom is 0.257 e. The van der Waals surface area contributed by atoms with Crippen LogP contribution in [0.2, 0.25) is 0 Å². The zero-order chi connectivity index (χ0) is 15.8. The fourth-order valence-electron chi connectivity index (χ4n) is 2.19. The number of amides is 1. The lowest BCUT2D eigenvalue weighted by Crippen LogP contribution is -2.23. The number of nitrogen functional groups attached to an aromatic ring is 1. The Hall–Kier alpha value is -1.71. The molecule has 2 N–H and O–H groups in total. The molecule has 1 atom stereocenters. The minimum atomic E-state index is -0.0665. The number of hydrogen-bond donors (Lipinski definition) is 1. The molecule has 0 aliphatic carbocycles. The van der Waals surface area contributed by atoms with Gasteiger partial charge in [-0.2, -0.15) is 0 Å². The summed E-state index contributed by atoms with van der Waals surface area (Å²) >= 11 is 0. The van der Waals surface area contributed by atoms with E-state index in [-0.39, 0.29) is 12.0 Å². The van der Waals surface area contributed by atoms with Crippen LogP contribution in [-0.4, -0.2) is 31.0 Å². The molecule has 0 heterocycles. The number of unbranched alkanes of at least 4 members (excludes halogenated alkanes) is 3. The van der Waals surface area contributed by atoms with E-state index in [1.807, 2.05) is 6.92 Å². The molecule has 0 spiro atoms. The van der Waals surface area contributed by atoms with E-state index < -0.39 is 0 Å². The molecule has 1 aromatic rings. The number of carbonyl (C=O) groups is 1. The van der Waals surface area contributed by atoms with Gasteiger partial charge in [-0.3, -0.25) is 4.79 Å². The molecule has 0 aliphatic heterocycles. The van der Waals surface area contributed by atoms with E-state index >= 15 is 0 Å². The molecule has 0 aliphatic rings. The fraction of sp³-hybridized carbons (Fsp3) is 0.588. The first-order chi connectivity index (χ1) is 9.95. The highest BCUT2D eigenvalue weighted by Crippen LogP contribution is 2.25.